The molecular formula is C13H14N2O. The molecule has 2 rings (SSSR count). The second-order valence-corrected chi connectivity index (χ2v) is 3.87. The third kappa shape index (κ3) is 1.54. The number of nitrogens with zero attached hydrogens (tertiary/aromatic N) is 2. The van der Waals surface area contributed by atoms with Gasteiger partial charge in [-0.2, -0.15) is 0 Å². The fraction of sp³-hybridized carbons (Fsp3) is 0.231. The first kappa shape index (κ1) is 10.6. The normalized spacial score (nSPS) is 10.6. The summed E-state index contributed by atoms with van der Waals surface area (Å²) in [5.41, 5.74) is 3.00. The predicted molar refractivity (Wildman–Crippen MR) is 65.7 cm³/mol. The number of aryl methyl sites for hydroxylation is 2. The van der Waals surface area contributed by atoms with E-state index in [9.17, 15) is 4.79 Å². The van der Waals surface area contributed by atoms with Crippen molar-refractivity contribution in [2.24, 2.45) is 0 Å². The lowest BCUT2D eigenvalue weighted by atomic mass is 10.1. The van der Waals surface area contributed by atoms with Crippen LogP contribution in [0.2, 0.25) is 0 Å². The van der Waals surface area contributed by atoms with Crippen molar-refractivity contribution in [3.8, 4) is 0 Å². The molecule has 0 amide bonds. The molecule has 82 valence electrons. The molecule has 0 aliphatic carbocycles. The van der Waals surface area contributed by atoms with Crippen LogP contribution in [-0.2, 0) is 6.54 Å². The number of allylic oxidation sites excluding steroid dienone is 1. The Morgan fingerprint density at radius 1 is 1.44 bits per heavy atom. The monoisotopic (exact) mass is 214 g/mol. The highest BCUT2D eigenvalue weighted by atomic mass is 16.1. The second-order valence-electron chi connectivity index (χ2n) is 3.87. The fourth-order valence-electron chi connectivity index (χ4n) is 1.77. The van der Waals surface area contributed by atoms with Crippen molar-refractivity contribution >= 4 is 11.0 Å². The maximum Gasteiger partial charge on any atom is 0.252 e. The van der Waals surface area contributed by atoms with Crippen LogP contribution in [0.15, 0.2) is 35.8 Å². The molecule has 0 aromatic carbocycles. The number of aromatic nitrogens is 2. The molecule has 0 atom stereocenters. The lowest BCUT2D eigenvalue weighted by Crippen LogP contribution is -2.19. The minimum Gasteiger partial charge on any atom is -0.289 e. The maximum absolute atomic E-state index is 11.7. The zero-order valence-corrected chi connectivity index (χ0v) is 9.53. The smallest absolute Gasteiger partial charge is 0.252 e. The molecule has 0 bridgehead atoms. The van der Waals surface area contributed by atoms with Crippen molar-refractivity contribution in [2.75, 3.05) is 0 Å². The molecule has 2 heterocycles. The van der Waals surface area contributed by atoms with Crippen molar-refractivity contribution in [3.63, 3.8) is 0 Å². The molecule has 2 aromatic rings. The number of pyridine rings is 2. The summed E-state index contributed by atoms with van der Waals surface area (Å²) in [7, 11) is 0. The third-order valence-corrected chi connectivity index (χ3v) is 2.84. The van der Waals surface area contributed by atoms with Crippen LogP contribution in [0.3, 0.4) is 0 Å². The highest BCUT2D eigenvalue weighted by Gasteiger charge is 2.06. The molecule has 0 fully saturated rings. The SMILES string of the molecule is C=CCn1c(=O)ccc2c(C)c(C)cnc21. The van der Waals surface area contributed by atoms with Gasteiger partial charge in [-0.25, -0.2) is 4.98 Å². The lowest BCUT2D eigenvalue weighted by Gasteiger charge is -2.09. The van der Waals surface area contributed by atoms with Gasteiger partial charge in [-0.05, 0) is 31.0 Å². The maximum atomic E-state index is 11.7. The molecule has 3 heteroatoms. The number of rotatable bonds is 2. The van der Waals surface area contributed by atoms with Crippen molar-refractivity contribution < 1.29 is 0 Å². The molecule has 2 aromatic heterocycles. The van der Waals surface area contributed by atoms with Crippen LogP contribution < -0.4 is 5.56 Å². The summed E-state index contributed by atoms with van der Waals surface area (Å²) in [6, 6.07) is 3.42. The Morgan fingerprint density at radius 3 is 2.88 bits per heavy atom. The van der Waals surface area contributed by atoms with Gasteiger partial charge in [0.2, 0.25) is 0 Å². The van der Waals surface area contributed by atoms with Gasteiger partial charge in [0.15, 0.2) is 0 Å². The van der Waals surface area contributed by atoms with Crippen LogP contribution in [0, 0.1) is 13.8 Å². The van der Waals surface area contributed by atoms with Crippen LogP contribution in [0.1, 0.15) is 11.1 Å². The van der Waals surface area contributed by atoms with Crippen LogP contribution in [0.5, 0.6) is 0 Å². The van der Waals surface area contributed by atoms with E-state index in [-0.39, 0.29) is 5.56 Å². The first-order valence-electron chi connectivity index (χ1n) is 5.22. The van der Waals surface area contributed by atoms with Crippen LogP contribution in [0.25, 0.3) is 11.0 Å². The van der Waals surface area contributed by atoms with Crippen molar-refractivity contribution in [1.82, 2.24) is 9.55 Å². The van der Waals surface area contributed by atoms with Gasteiger partial charge >= 0.3 is 0 Å². The first-order chi connectivity index (χ1) is 7.65. The molecule has 0 radical (unpaired) electrons. The van der Waals surface area contributed by atoms with E-state index in [2.05, 4.69) is 11.6 Å². The average molecular weight is 214 g/mol. The molecule has 0 N–H and O–H groups in total. The zero-order chi connectivity index (χ0) is 11.7. The van der Waals surface area contributed by atoms with Gasteiger partial charge in [-0.1, -0.05) is 6.08 Å². The Morgan fingerprint density at radius 2 is 2.19 bits per heavy atom. The van der Waals surface area contributed by atoms with E-state index >= 15 is 0 Å². The van der Waals surface area contributed by atoms with Crippen LogP contribution in [-0.4, -0.2) is 9.55 Å². The van der Waals surface area contributed by atoms with Crippen molar-refractivity contribution in [3.05, 3.63) is 52.5 Å². The largest absolute Gasteiger partial charge is 0.289 e. The minimum absolute atomic E-state index is 0.0387. The molecule has 0 saturated carbocycles. The highest BCUT2D eigenvalue weighted by molar-refractivity contribution is 5.79. The zero-order valence-electron chi connectivity index (χ0n) is 9.53. The van der Waals surface area contributed by atoms with Gasteiger partial charge in [-0.3, -0.25) is 9.36 Å². The summed E-state index contributed by atoms with van der Waals surface area (Å²) in [5, 5.41) is 1.03. The van der Waals surface area contributed by atoms with Crippen LogP contribution >= 0.6 is 0 Å². The van der Waals surface area contributed by atoms with Gasteiger partial charge in [0.1, 0.15) is 5.65 Å². The van der Waals surface area contributed by atoms with E-state index in [0.717, 1.165) is 16.6 Å². The van der Waals surface area contributed by atoms with Gasteiger partial charge in [0, 0.05) is 24.2 Å². The fourth-order valence-corrected chi connectivity index (χ4v) is 1.77. The van der Waals surface area contributed by atoms with Gasteiger partial charge in [-0.15, -0.1) is 6.58 Å². The molecule has 16 heavy (non-hydrogen) atoms. The summed E-state index contributed by atoms with van der Waals surface area (Å²) < 4.78 is 1.63. The van der Waals surface area contributed by atoms with E-state index < -0.39 is 0 Å². The van der Waals surface area contributed by atoms with Gasteiger partial charge in [0.25, 0.3) is 5.56 Å². The van der Waals surface area contributed by atoms with E-state index in [0.29, 0.717) is 6.54 Å². The summed E-state index contributed by atoms with van der Waals surface area (Å²) in [6.45, 7) is 8.21. The molecule has 0 aliphatic heterocycles. The third-order valence-electron chi connectivity index (χ3n) is 2.84. The topological polar surface area (TPSA) is 34.9 Å². The minimum atomic E-state index is -0.0387. The lowest BCUT2D eigenvalue weighted by molar-refractivity contribution is 0.804. The quantitative estimate of drug-likeness (QED) is 0.718. The number of hydrogen-bond donors (Lipinski definition) is 0. The second kappa shape index (κ2) is 3.93. The average Bonchev–Trinajstić information content (AvgIpc) is 2.27. The molecule has 0 saturated heterocycles. The van der Waals surface area contributed by atoms with Gasteiger partial charge < -0.3 is 0 Å². The van der Waals surface area contributed by atoms with E-state index in [1.165, 1.54) is 5.56 Å². The number of hydrogen-bond acceptors (Lipinski definition) is 2. The van der Waals surface area contributed by atoms with Crippen molar-refractivity contribution in [2.45, 2.75) is 20.4 Å². The molecule has 0 spiro atoms. The Balaban J connectivity index is 2.89. The van der Waals surface area contributed by atoms with Gasteiger partial charge in [0.05, 0.1) is 0 Å². The standard InChI is InChI=1S/C13H14N2O/c1-4-7-15-12(16)6-5-11-10(3)9(2)8-14-13(11)15/h4-6,8H,1,7H2,2-3H3. The summed E-state index contributed by atoms with van der Waals surface area (Å²) in [6.07, 6.45) is 3.51. The van der Waals surface area contributed by atoms with E-state index in [1.54, 1.807) is 22.9 Å². The van der Waals surface area contributed by atoms with E-state index in [1.807, 2.05) is 19.9 Å². The molecule has 0 unspecified atom stereocenters. The number of fused-ring (bicyclic) bond motifs is 1. The van der Waals surface area contributed by atoms with Crippen molar-refractivity contribution in [1.29, 1.82) is 0 Å². The Kier molecular flexibility index (Phi) is 2.60. The van der Waals surface area contributed by atoms with E-state index in [4.69, 9.17) is 0 Å². The summed E-state index contributed by atoms with van der Waals surface area (Å²) in [4.78, 5) is 16.0. The summed E-state index contributed by atoms with van der Waals surface area (Å²) in [5.74, 6) is 0. The Labute approximate surface area is 94.1 Å². The predicted octanol–water partition coefficient (Wildman–Crippen LogP) is 2.20. The molecular weight excluding hydrogens is 200 g/mol. The summed E-state index contributed by atoms with van der Waals surface area (Å²) >= 11 is 0. The highest BCUT2D eigenvalue weighted by Crippen LogP contribution is 2.17. The first-order valence-corrected chi connectivity index (χ1v) is 5.22. The van der Waals surface area contributed by atoms with Crippen LogP contribution in [0.4, 0.5) is 0 Å². The Bertz CT molecular complexity index is 611. The molecule has 3 nitrogen and oxygen atoms in total. The molecule has 0 aliphatic rings. The Hall–Kier alpha value is -1.90.